The number of hydrogen-bond acceptors (Lipinski definition) is 6. The van der Waals surface area contributed by atoms with Crippen LogP contribution in [-0.4, -0.2) is 45.7 Å². The number of nitrogens with one attached hydrogen (secondary N) is 1. The van der Waals surface area contributed by atoms with E-state index in [1.165, 1.54) is 0 Å². The number of aryl methyl sites for hydroxylation is 2. The molecular weight excluding hydrogens is 468 g/mol. The number of carbonyl (C=O) groups excluding carboxylic acids is 1. The molecule has 1 fully saturated rings. The predicted molar refractivity (Wildman–Crippen MR) is 145 cm³/mol. The zero-order valence-electron chi connectivity index (χ0n) is 20.9. The van der Waals surface area contributed by atoms with Crippen molar-refractivity contribution in [2.75, 3.05) is 18.5 Å². The lowest BCUT2D eigenvalue weighted by atomic mass is 10.00. The summed E-state index contributed by atoms with van der Waals surface area (Å²) in [4.78, 5) is 16.3. The number of benzene rings is 2. The summed E-state index contributed by atoms with van der Waals surface area (Å²) in [7, 11) is 0. The minimum atomic E-state index is -0.456. The highest BCUT2D eigenvalue weighted by molar-refractivity contribution is 6.06. The van der Waals surface area contributed by atoms with Crippen LogP contribution in [0.5, 0.6) is 5.75 Å². The number of fused-ring (bicyclic) bond motifs is 1. The first-order valence-corrected chi connectivity index (χ1v) is 12.3. The molecule has 1 aliphatic heterocycles. The molecule has 1 amide bonds. The number of nitrogens with two attached hydrogens (primary N) is 2. The highest BCUT2D eigenvalue weighted by Crippen LogP contribution is 2.32. The van der Waals surface area contributed by atoms with Gasteiger partial charge in [-0.05, 0) is 72.9 Å². The Morgan fingerprint density at radius 3 is 2.78 bits per heavy atom. The van der Waals surface area contributed by atoms with E-state index in [9.17, 15) is 9.90 Å². The van der Waals surface area contributed by atoms with E-state index >= 15 is 0 Å². The highest BCUT2D eigenvalue weighted by Gasteiger charge is 2.21. The number of nitrogens with zero attached hydrogens (tertiary/aromatic N) is 3. The van der Waals surface area contributed by atoms with Crippen molar-refractivity contribution in [3.8, 4) is 16.9 Å². The summed E-state index contributed by atoms with van der Waals surface area (Å²) in [5.74, 6) is 0.0605. The summed E-state index contributed by atoms with van der Waals surface area (Å²) < 4.78 is 7.40. The molecule has 9 heteroatoms. The number of carbonyl (C=O) groups is 1. The SMILES string of the molecule is CCc1cc(O)ccc1N=C(N)c1cnn2cc(-c3ccc(C(N)=O)cc3C)cc2c1N[C@H]1CCOC1. The van der Waals surface area contributed by atoms with Crippen LogP contribution in [0.4, 0.5) is 11.4 Å². The Morgan fingerprint density at radius 2 is 2.08 bits per heavy atom. The molecule has 1 saturated heterocycles. The molecule has 4 aromatic rings. The molecule has 37 heavy (non-hydrogen) atoms. The van der Waals surface area contributed by atoms with Crippen molar-refractivity contribution in [1.82, 2.24) is 9.61 Å². The number of aliphatic imine (C=N–C) groups is 1. The summed E-state index contributed by atoms with van der Waals surface area (Å²) in [6, 6.07) is 12.7. The zero-order valence-corrected chi connectivity index (χ0v) is 20.9. The summed E-state index contributed by atoms with van der Waals surface area (Å²) in [5.41, 5.74) is 19.3. The minimum Gasteiger partial charge on any atom is -0.508 e. The van der Waals surface area contributed by atoms with Gasteiger partial charge in [-0.3, -0.25) is 4.79 Å². The van der Waals surface area contributed by atoms with E-state index in [4.69, 9.17) is 21.2 Å². The fraction of sp³-hybridized carbons (Fsp3) is 0.250. The van der Waals surface area contributed by atoms with Crippen LogP contribution in [0.2, 0.25) is 0 Å². The van der Waals surface area contributed by atoms with Crippen LogP contribution in [0.3, 0.4) is 0 Å². The third-order valence-electron chi connectivity index (χ3n) is 6.70. The van der Waals surface area contributed by atoms with Crippen LogP contribution in [-0.2, 0) is 11.2 Å². The van der Waals surface area contributed by atoms with Crippen LogP contribution in [0.1, 0.15) is 40.4 Å². The molecule has 0 aliphatic carbocycles. The Morgan fingerprint density at radius 1 is 1.24 bits per heavy atom. The summed E-state index contributed by atoms with van der Waals surface area (Å²) in [6.45, 7) is 5.25. The molecule has 0 unspecified atom stereocenters. The molecule has 3 heterocycles. The first kappa shape index (κ1) is 24.3. The smallest absolute Gasteiger partial charge is 0.248 e. The second-order valence-electron chi connectivity index (χ2n) is 9.25. The molecule has 0 radical (unpaired) electrons. The molecule has 0 bridgehead atoms. The van der Waals surface area contributed by atoms with Crippen molar-refractivity contribution >= 4 is 28.6 Å². The molecule has 2 aromatic carbocycles. The number of aromatic nitrogens is 2. The third kappa shape index (κ3) is 4.85. The molecule has 190 valence electrons. The molecule has 2 aromatic heterocycles. The number of anilines is 1. The van der Waals surface area contributed by atoms with E-state index in [1.54, 1.807) is 36.5 Å². The first-order valence-electron chi connectivity index (χ1n) is 12.3. The lowest BCUT2D eigenvalue weighted by Gasteiger charge is -2.17. The fourth-order valence-electron chi connectivity index (χ4n) is 4.70. The van der Waals surface area contributed by atoms with E-state index < -0.39 is 5.91 Å². The van der Waals surface area contributed by atoms with Crippen molar-refractivity contribution < 1.29 is 14.6 Å². The average molecular weight is 499 g/mol. The van der Waals surface area contributed by atoms with Gasteiger partial charge in [0.1, 0.15) is 11.6 Å². The van der Waals surface area contributed by atoms with Crippen LogP contribution < -0.4 is 16.8 Å². The number of aromatic hydroxyl groups is 1. The lowest BCUT2D eigenvalue weighted by Crippen LogP contribution is -2.24. The number of ether oxygens (including phenoxy) is 1. The fourth-order valence-corrected chi connectivity index (χ4v) is 4.70. The number of rotatable bonds is 7. The van der Waals surface area contributed by atoms with Crippen LogP contribution in [0.15, 0.2) is 59.9 Å². The van der Waals surface area contributed by atoms with Crippen LogP contribution in [0.25, 0.3) is 16.6 Å². The normalized spacial score (nSPS) is 15.8. The molecule has 6 N–H and O–H groups in total. The Bertz CT molecular complexity index is 1520. The van der Waals surface area contributed by atoms with Crippen LogP contribution in [0, 0.1) is 6.92 Å². The molecule has 1 atom stereocenters. The topological polar surface area (TPSA) is 140 Å². The van der Waals surface area contributed by atoms with Crippen molar-refractivity contribution in [2.24, 2.45) is 16.5 Å². The van der Waals surface area contributed by atoms with E-state index in [1.807, 2.05) is 36.7 Å². The molecule has 0 spiro atoms. The Hall–Kier alpha value is -4.37. The van der Waals surface area contributed by atoms with Gasteiger partial charge in [-0.2, -0.15) is 5.10 Å². The van der Waals surface area contributed by atoms with E-state index in [-0.39, 0.29) is 11.8 Å². The van der Waals surface area contributed by atoms with Crippen LogP contribution >= 0.6 is 0 Å². The Labute approximate surface area is 214 Å². The number of amides is 1. The standard InChI is InChI=1S/C28H30N6O3/c1-3-17-11-21(35)5-7-24(17)33-27(29)23-13-31-34-14-19(22-6-4-18(28(30)36)10-16(22)2)12-25(34)26(23)32-20-8-9-37-15-20/h4-7,10-14,20,32,35H,3,8-9,15H2,1-2H3,(H2,29,33)(H2,30,36)/t20-/m0/s1. The summed E-state index contributed by atoms with van der Waals surface area (Å²) >= 11 is 0. The highest BCUT2D eigenvalue weighted by atomic mass is 16.5. The van der Waals surface area contributed by atoms with Gasteiger partial charge in [0.25, 0.3) is 0 Å². The van der Waals surface area contributed by atoms with E-state index in [0.29, 0.717) is 42.3 Å². The Kier molecular flexibility index (Phi) is 6.54. The van der Waals surface area contributed by atoms with Crippen molar-refractivity contribution in [3.63, 3.8) is 0 Å². The number of phenolic OH excluding ortho intramolecular Hbond substituents is 1. The molecule has 5 rings (SSSR count). The second kappa shape index (κ2) is 9.94. The monoisotopic (exact) mass is 498 g/mol. The number of primary amides is 1. The lowest BCUT2D eigenvalue weighted by molar-refractivity contribution is 0.1000. The van der Waals surface area contributed by atoms with Gasteiger partial charge >= 0.3 is 0 Å². The van der Waals surface area contributed by atoms with Gasteiger partial charge in [-0.1, -0.05) is 13.0 Å². The first-order chi connectivity index (χ1) is 17.8. The van der Waals surface area contributed by atoms with Gasteiger partial charge < -0.3 is 26.6 Å². The second-order valence-corrected chi connectivity index (χ2v) is 9.25. The Balaban J connectivity index is 1.62. The van der Waals surface area contributed by atoms with Crippen molar-refractivity contribution in [1.29, 1.82) is 0 Å². The maximum Gasteiger partial charge on any atom is 0.248 e. The maximum atomic E-state index is 11.6. The van der Waals surface area contributed by atoms with Gasteiger partial charge in [0.2, 0.25) is 5.91 Å². The molecule has 0 saturated carbocycles. The number of phenols is 1. The van der Waals surface area contributed by atoms with Crippen molar-refractivity contribution in [2.45, 2.75) is 32.7 Å². The third-order valence-corrected chi connectivity index (χ3v) is 6.70. The minimum absolute atomic E-state index is 0.132. The van der Waals surface area contributed by atoms with Gasteiger partial charge in [0, 0.05) is 23.9 Å². The van der Waals surface area contributed by atoms with Crippen molar-refractivity contribution in [3.05, 3.63) is 77.1 Å². The van der Waals surface area contributed by atoms with E-state index in [2.05, 4.69) is 10.4 Å². The van der Waals surface area contributed by atoms with Gasteiger partial charge in [-0.25, -0.2) is 9.51 Å². The molecular formula is C28H30N6O3. The maximum absolute atomic E-state index is 11.6. The molecule has 1 aliphatic rings. The van der Waals surface area contributed by atoms with Gasteiger partial charge in [0.05, 0.1) is 41.3 Å². The predicted octanol–water partition coefficient (Wildman–Crippen LogP) is 3.91. The zero-order chi connectivity index (χ0) is 26.1. The quantitative estimate of drug-likeness (QED) is 0.225. The van der Waals surface area contributed by atoms with Gasteiger partial charge in [0.15, 0.2) is 0 Å². The molecule has 9 nitrogen and oxygen atoms in total. The van der Waals surface area contributed by atoms with Gasteiger partial charge in [-0.15, -0.1) is 0 Å². The largest absolute Gasteiger partial charge is 0.508 e. The summed E-state index contributed by atoms with van der Waals surface area (Å²) in [6.07, 6.45) is 5.25. The summed E-state index contributed by atoms with van der Waals surface area (Å²) in [5, 5.41) is 18.1. The number of hydrogen-bond donors (Lipinski definition) is 4. The number of amidine groups is 1. The van der Waals surface area contributed by atoms with E-state index in [0.717, 1.165) is 39.9 Å². The average Bonchev–Trinajstić information content (AvgIpc) is 3.55.